The van der Waals surface area contributed by atoms with E-state index in [1.165, 1.54) is 6.20 Å². The van der Waals surface area contributed by atoms with Crippen LogP contribution in [0.1, 0.15) is 20.8 Å². The zero-order chi connectivity index (χ0) is 10.3. The quantitative estimate of drug-likeness (QED) is 0.734. The average molecular weight is 201 g/mol. The van der Waals surface area contributed by atoms with Gasteiger partial charge in [-0.15, -0.1) is 0 Å². The molecule has 0 aliphatic heterocycles. The van der Waals surface area contributed by atoms with Crippen LogP contribution in [0.25, 0.3) is 0 Å². The Morgan fingerprint density at radius 1 is 1.38 bits per heavy atom. The number of nitrogens with zero attached hydrogens (tertiary/aromatic N) is 1. The van der Waals surface area contributed by atoms with E-state index in [2.05, 4.69) is 4.98 Å². The highest BCUT2D eigenvalue weighted by atomic mass is 32.2. The van der Waals surface area contributed by atoms with Crippen LogP contribution in [0.2, 0.25) is 0 Å². The van der Waals surface area contributed by atoms with Crippen molar-refractivity contribution in [2.24, 2.45) is 0 Å². The second-order valence-corrected chi connectivity index (χ2v) is 4.37. The molecule has 4 heteroatoms. The summed E-state index contributed by atoms with van der Waals surface area (Å²) in [6.45, 7) is 5.61. The fourth-order valence-electron chi connectivity index (χ4n) is 0.698. The minimum atomic E-state index is -3.06. The van der Waals surface area contributed by atoms with Gasteiger partial charge >= 0.3 is 0 Å². The van der Waals surface area contributed by atoms with E-state index in [0.29, 0.717) is 4.90 Å². The Balaban J connectivity index is 0.000000671. The SMILES string of the molecule is CC.CCS(=O)(=O)c1cccnc1. The number of rotatable bonds is 2. The van der Waals surface area contributed by atoms with Crippen molar-refractivity contribution in [2.45, 2.75) is 25.7 Å². The van der Waals surface area contributed by atoms with E-state index in [1.807, 2.05) is 13.8 Å². The van der Waals surface area contributed by atoms with Gasteiger partial charge in [-0.1, -0.05) is 20.8 Å². The van der Waals surface area contributed by atoms with E-state index in [4.69, 9.17) is 0 Å². The maximum Gasteiger partial charge on any atom is 0.179 e. The molecule has 1 rings (SSSR count). The smallest absolute Gasteiger partial charge is 0.179 e. The molecular weight excluding hydrogens is 186 g/mol. The number of hydrogen-bond donors (Lipinski definition) is 0. The van der Waals surface area contributed by atoms with E-state index in [9.17, 15) is 8.42 Å². The van der Waals surface area contributed by atoms with Crippen LogP contribution in [0.4, 0.5) is 0 Å². The third kappa shape index (κ3) is 3.55. The van der Waals surface area contributed by atoms with Gasteiger partial charge in [-0.3, -0.25) is 4.98 Å². The molecule has 0 aliphatic carbocycles. The molecule has 74 valence electrons. The molecule has 0 bridgehead atoms. The van der Waals surface area contributed by atoms with Crippen molar-refractivity contribution < 1.29 is 8.42 Å². The van der Waals surface area contributed by atoms with Crippen molar-refractivity contribution in [3.8, 4) is 0 Å². The summed E-state index contributed by atoms with van der Waals surface area (Å²) >= 11 is 0. The molecule has 0 radical (unpaired) electrons. The molecule has 0 aliphatic rings. The zero-order valence-electron chi connectivity index (χ0n) is 8.19. The number of aromatic nitrogens is 1. The van der Waals surface area contributed by atoms with Gasteiger partial charge in [0.1, 0.15) is 0 Å². The number of hydrogen-bond acceptors (Lipinski definition) is 3. The lowest BCUT2D eigenvalue weighted by Gasteiger charge is -1.97. The second-order valence-electron chi connectivity index (χ2n) is 2.09. The van der Waals surface area contributed by atoms with Crippen LogP contribution >= 0.6 is 0 Å². The monoisotopic (exact) mass is 201 g/mol. The Bertz CT molecular complexity index is 319. The molecule has 0 fully saturated rings. The third-order valence-electron chi connectivity index (χ3n) is 1.37. The summed E-state index contributed by atoms with van der Waals surface area (Å²) in [5.74, 6) is 0.124. The summed E-state index contributed by atoms with van der Waals surface area (Å²) in [6.07, 6.45) is 2.91. The molecular formula is C9H15NO2S. The van der Waals surface area contributed by atoms with Crippen molar-refractivity contribution in [1.82, 2.24) is 4.98 Å². The molecule has 0 atom stereocenters. The van der Waals surface area contributed by atoms with Crippen LogP contribution in [-0.2, 0) is 9.84 Å². The number of pyridine rings is 1. The third-order valence-corrected chi connectivity index (χ3v) is 3.09. The van der Waals surface area contributed by atoms with Crippen molar-refractivity contribution >= 4 is 9.84 Å². The first-order chi connectivity index (χ1) is 6.17. The molecule has 3 nitrogen and oxygen atoms in total. The van der Waals surface area contributed by atoms with Crippen LogP contribution in [0.15, 0.2) is 29.4 Å². The number of sulfone groups is 1. The van der Waals surface area contributed by atoms with Crippen molar-refractivity contribution in [2.75, 3.05) is 5.75 Å². The second kappa shape index (κ2) is 5.70. The van der Waals surface area contributed by atoms with Gasteiger partial charge in [0.25, 0.3) is 0 Å². The molecule has 1 aromatic rings. The minimum absolute atomic E-state index is 0.124. The van der Waals surface area contributed by atoms with Crippen LogP contribution in [0, 0.1) is 0 Å². The normalized spacial score (nSPS) is 10.1. The largest absolute Gasteiger partial charge is 0.263 e. The van der Waals surface area contributed by atoms with Crippen LogP contribution in [-0.4, -0.2) is 19.2 Å². The topological polar surface area (TPSA) is 47.0 Å². The van der Waals surface area contributed by atoms with Gasteiger partial charge in [-0.25, -0.2) is 8.42 Å². The van der Waals surface area contributed by atoms with Gasteiger partial charge in [0.05, 0.1) is 10.6 Å². The van der Waals surface area contributed by atoms with E-state index < -0.39 is 9.84 Å². The summed E-state index contributed by atoms with van der Waals surface area (Å²) in [6, 6.07) is 3.16. The molecule has 13 heavy (non-hydrogen) atoms. The fourth-order valence-corrected chi connectivity index (χ4v) is 1.54. The van der Waals surface area contributed by atoms with Gasteiger partial charge in [0.2, 0.25) is 0 Å². The molecule has 0 N–H and O–H groups in total. The lowest BCUT2D eigenvalue weighted by Crippen LogP contribution is -2.03. The van der Waals surface area contributed by atoms with E-state index >= 15 is 0 Å². The fraction of sp³-hybridized carbons (Fsp3) is 0.444. The minimum Gasteiger partial charge on any atom is -0.263 e. The molecule has 0 spiro atoms. The Morgan fingerprint density at radius 3 is 2.38 bits per heavy atom. The van der Waals surface area contributed by atoms with Gasteiger partial charge in [0.15, 0.2) is 9.84 Å². The summed E-state index contributed by atoms with van der Waals surface area (Å²) < 4.78 is 22.3. The van der Waals surface area contributed by atoms with Crippen LogP contribution < -0.4 is 0 Å². The van der Waals surface area contributed by atoms with E-state index in [0.717, 1.165) is 0 Å². The van der Waals surface area contributed by atoms with Crippen molar-refractivity contribution in [1.29, 1.82) is 0 Å². The zero-order valence-corrected chi connectivity index (χ0v) is 9.00. The molecule has 1 aromatic heterocycles. The predicted octanol–water partition coefficient (Wildman–Crippen LogP) is 1.90. The van der Waals surface area contributed by atoms with Gasteiger partial charge < -0.3 is 0 Å². The van der Waals surface area contributed by atoms with Gasteiger partial charge in [0, 0.05) is 12.4 Å². The first kappa shape index (κ1) is 12.1. The summed E-state index contributed by atoms with van der Waals surface area (Å²) in [4.78, 5) is 4.01. The van der Waals surface area contributed by atoms with Gasteiger partial charge in [-0.05, 0) is 12.1 Å². The Morgan fingerprint density at radius 2 is 2.00 bits per heavy atom. The van der Waals surface area contributed by atoms with Crippen molar-refractivity contribution in [3.05, 3.63) is 24.5 Å². The first-order valence-electron chi connectivity index (χ1n) is 4.29. The Hall–Kier alpha value is -0.900. The standard InChI is InChI=1S/C7H9NO2S.C2H6/c1-2-11(9,10)7-4-3-5-8-6-7;1-2/h3-6H,2H2,1H3;1-2H3. The predicted molar refractivity (Wildman–Crippen MR) is 53.3 cm³/mol. The van der Waals surface area contributed by atoms with Crippen LogP contribution in [0.3, 0.4) is 0 Å². The molecule has 0 amide bonds. The molecule has 0 saturated carbocycles. The average Bonchev–Trinajstić information content (AvgIpc) is 2.22. The molecule has 0 unspecified atom stereocenters. The summed E-state index contributed by atoms with van der Waals surface area (Å²) in [5, 5.41) is 0. The van der Waals surface area contributed by atoms with Crippen molar-refractivity contribution in [3.63, 3.8) is 0 Å². The Labute approximate surface area is 79.7 Å². The molecule has 0 saturated heterocycles. The highest BCUT2D eigenvalue weighted by Crippen LogP contribution is 2.06. The lowest BCUT2D eigenvalue weighted by atomic mass is 10.5. The highest BCUT2D eigenvalue weighted by Gasteiger charge is 2.09. The maximum absolute atomic E-state index is 11.2. The summed E-state index contributed by atoms with van der Waals surface area (Å²) in [5.41, 5.74) is 0. The molecule has 0 aromatic carbocycles. The van der Waals surface area contributed by atoms with E-state index in [1.54, 1.807) is 25.3 Å². The first-order valence-corrected chi connectivity index (χ1v) is 5.95. The maximum atomic E-state index is 11.2. The van der Waals surface area contributed by atoms with Gasteiger partial charge in [-0.2, -0.15) is 0 Å². The molecule has 1 heterocycles. The highest BCUT2D eigenvalue weighted by molar-refractivity contribution is 7.91. The van der Waals surface area contributed by atoms with Crippen LogP contribution in [0.5, 0.6) is 0 Å². The van der Waals surface area contributed by atoms with E-state index in [-0.39, 0.29) is 5.75 Å². The Kier molecular flexibility index (Phi) is 5.30. The lowest BCUT2D eigenvalue weighted by molar-refractivity contribution is 0.597. The summed E-state index contributed by atoms with van der Waals surface area (Å²) in [7, 11) is -3.06.